The summed E-state index contributed by atoms with van der Waals surface area (Å²) < 4.78 is 13.3. The Balaban J connectivity index is 1.28. The average molecular weight is 506 g/mol. The molecule has 0 saturated heterocycles. The summed E-state index contributed by atoms with van der Waals surface area (Å²) in [5.74, 6) is 2.60. The third kappa shape index (κ3) is 6.79. The number of methoxy groups -OCH3 is 1. The Kier molecular flexibility index (Phi) is 8.85. The number of carbonyl (C=O) groups excluding carboxylic acids is 1. The van der Waals surface area contributed by atoms with Gasteiger partial charge in [0.2, 0.25) is 5.91 Å². The molecule has 0 radical (unpaired) electrons. The smallest absolute Gasteiger partial charge is 0.224 e. The van der Waals surface area contributed by atoms with Gasteiger partial charge in [-0.2, -0.15) is 0 Å². The van der Waals surface area contributed by atoms with E-state index < -0.39 is 0 Å². The van der Waals surface area contributed by atoms with Crippen LogP contribution in [0, 0.1) is 6.92 Å². The second kappa shape index (κ2) is 12.5. The number of hydrogen-bond acceptors (Lipinski definition) is 4. The molecule has 188 valence electrons. The maximum Gasteiger partial charge on any atom is 0.224 e. The molecule has 0 atom stereocenters. The number of rotatable bonds is 12. The van der Waals surface area contributed by atoms with E-state index in [0.717, 1.165) is 63.9 Å². The highest BCUT2D eigenvalue weighted by Crippen LogP contribution is 2.22. The van der Waals surface area contributed by atoms with Crippen molar-refractivity contribution in [3.8, 4) is 11.5 Å². The number of aromatic nitrogens is 2. The van der Waals surface area contributed by atoms with Crippen LogP contribution in [0.5, 0.6) is 11.5 Å². The summed E-state index contributed by atoms with van der Waals surface area (Å²) in [4.78, 5) is 17.3. The van der Waals surface area contributed by atoms with E-state index in [4.69, 9.17) is 26.1 Å². The highest BCUT2D eigenvalue weighted by molar-refractivity contribution is 6.31. The molecule has 1 amide bonds. The number of amides is 1. The Morgan fingerprint density at radius 3 is 2.58 bits per heavy atom. The van der Waals surface area contributed by atoms with Gasteiger partial charge in [0.25, 0.3) is 0 Å². The standard InChI is InChI=1S/C29H32ClN3O3/c1-21-19-24(13-14-25(21)30)36-18-6-5-17-33-27-8-4-3-7-26(27)32-28(33)15-16-31-29(34)20-22-9-11-23(35-2)12-10-22/h3-4,7-14,19H,5-6,15-18,20H2,1-2H3,(H,31,34). The van der Waals surface area contributed by atoms with Gasteiger partial charge >= 0.3 is 0 Å². The average Bonchev–Trinajstić information content (AvgIpc) is 3.23. The maximum atomic E-state index is 12.4. The second-order valence-corrected chi connectivity index (χ2v) is 9.17. The minimum absolute atomic E-state index is 0.00240. The molecular formula is C29H32ClN3O3. The fourth-order valence-electron chi connectivity index (χ4n) is 4.14. The monoisotopic (exact) mass is 505 g/mol. The van der Waals surface area contributed by atoms with E-state index in [1.165, 1.54) is 0 Å². The van der Waals surface area contributed by atoms with Crippen LogP contribution in [-0.4, -0.2) is 35.7 Å². The first-order chi connectivity index (χ1) is 17.5. The zero-order valence-corrected chi connectivity index (χ0v) is 21.6. The number of aryl methyl sites for hydroxylation is 2. The molecule has 1 heterocycles. The van der Waals surface area contributed by atoms with Crippen molar-refractivity contribution in [2.75, 3.05) is 20.3 Å². The lowest BCUT2D eigenvalue weighted by Gasteiger charge is -2.11. The van der Waals surface area contributed by atoms with Crippen LogP contribution in [0.1, 0.15) is 29.8 Å². The van der Waals surface area contributed by atoms with Crippen molar-refractivity contribution in [1.29, 1.82) is 0 Å². The highest BCUT2D eigenvalue weighted by Gasteiger charge is 2.11. The highest BCUT2D eigenvalue weighted by atomic mass is 35.5. The Labute approximate surface area is 217 Å². The van der Waals surface area contributed by atoms with Gasteiger partial charge < -0.3 is 19.4 Å². The SMILES string of the molecule is COc1ccc(CC(=O)NCCc2nc3ccccc3n2CCCCOc2ccc(Cl)c(C)c2)cc1. The summed E-state index contributed by atoms with van der Waals surface area (Å²) in [6, 6.07) is 21.5. The molecule has 4 aromatic rings. The first kappa shape index (κ1) is 25.6. The van der Waals surface area contributed by atoms with Crippen LogP contribution >= 0.6 is 11.6 Å². The number of nitrogens with one attached hydrogen (secondary N) is 1. The van der Waals surface area contributed by atoms with Crippen molar-refractivity contribution in [3.63, 3.8) is 0 Å². The lowest BCUT2D eigenvalue weighted by atomic mass is 10.1. The number of benzene rings is 3. The number of ether oxygens (including phenoxy) is 2. The molecule has 0 aliphatic heterocycles. The van der Waals surface area contributed by atoms with E-state index in [1.807, 2.05) is 67.6 Å². The topological polar surface area (TPSA) is 65.4 Å². The van der Waals surface area contributed by atoms with Crippen molar-refractivity contribution < 1.29 is 14.3 Å². The van der Waals surface area contributed by atoms with Crippen LogP contribution in [0.25, 0.3) is 11.0 Å². The molecule has 0 saturated carbocycles. The van der Waals surface area contributed by atoms with Gasteiger partial charge in [-0.25, -0.2) is 4.98 Å². The summed E-state index contributed by atoms with van der Waals surface area (Å²) in [6.07, 6.45) is 2.90. The molecule has 0 aliphatic rings. The van der Waals surface area contributed by atoms with Gasteiger partial charge in [-0.1, -0.05) is 35.9 Å². The fourth-order valence-corrected chi connectivity index (χ4v) is 4.26. The lowest BCUT2D eigenvalue weighted by molar-refractivity contribution is -0.120. The van der Waals surface area contributed by atoms with Crippen molar-refractivity contribution in [3.05, 3.63) is 88.7 Å². The van der Waals surface area contributed by atoms with Crippen molar-refractivity contribution >= 4 is 28.5 Å². The zero-order valence-electron chi connectivity index (χ0n) is 20.8. The van der Waals surface area contributed by atoms with E-state index in [9.17, 15) is 4.79 Å². The second-order valence-electron chi connectivity index (χ2n) is 8.76. The normalized spacial score (nSPS) is 11.0. The minimum atomic E-state index is -0.00240. The van der Waals surface area contributed by atoms with E-state index in [2.05, 4.69) is 16.0 Å². The van der Waals surface area contributed by atoms with E-state index in [-0.39, 0.29) is 5.91 Å². The van der Waals surface area contributed by atoms with Gasteiger partial charge in [-0.15, -0.1) is 0 Å². The summed E-state index contributed by atoms with van der Waals surface area (Å²) in [7, 11) is 1.63. The summed E-state index contributed by atoms with van der Waals surface area (Å²) in [5.41, 5.74) is 4.06. The third-order valence-electron chi connectivity index (χ3n) is 6.10. The quantitative estimate of drug-likeness (QED) is 0.248. The van der Waals surface area contributed by atoms with Crippen molar-refractivity contribution in [2.24, 2.45) is 0 Å². The molecule has 7 heteroatoms. The lowest BCUT2D eigenvalue weighted by Crippen LogP contribution is -2.28. The molecule has 0 aliphatic carbocycles. The molecule has 0 fully saturated rings. The molecule has 0 unspecified atom stereocenters. The molecule has 6 nitrogen and oxygen atoms in total. The molecule has 0 bridgehead atoms. The van der Waals surface area contributed by atoms with E-state index >= 15 is 0 Å². The minimum Gasteiger partial charge on any atom is -0.497 e. The van der Waals surface area contributed by atoms with Gasteiger partial charge in [-0.05, 0) is 73.4 Å². The number of para-hydroxylation sites is 2. The van der Waals surface area contributed by atoms with Gasteiger partial charge in [-0.3, -0.25) is 4.79 Å². The molecule has 0 spiro atoms. The van der Waals surface area contributed by atoms with Crippen LogP contribution in [0.4, 0.5) is 0 Å². The Hall–Kier alpha value is -3.51. The number of imidazole rings is 1. The molecule has 4 rings (SSSR count). The number of nitrogens with zero attached hydrogens (tertiary/aromatic N) is 2. The maximum absolute atomic E-state index is 12.4. The number of hydrogen-bond donors (Lipinski definition) is 1. The Morgan fingerprint density at radius 1 is 1.03 bits per heavy atom. The summed E-state index contributed by atoms with van der Waals surface area (Å²) in [6.45, 7) is 4.00. The molecule has 1 aromatic heterocycles. The Bertz CT molecular complexity index is 1300. The van der Waals surface area contributed by atoms with Crippen LogP contribution in [0.2, 0.25) is 5.02 Å². The van der Waals surface area contributed by atoms with Gasteiger partial charge in [0, 0.05) is 24.5 Å². The number of carbonyl (C=O) groups is 1. The van der Waals surface area contributed by atoms with Crippen LogP contribution < -0.4 is 14.8 Å². The van der Waals surface area contributed by atoms with Gasteiger partial charge in [0.15, 0.2) is 0 Å². The third-order valence-corrected chi connectivity index (χ3v) is 6.53. The molecule has 36 heavy (non-hydrogen) atoms. The van der Waals surface area contributed by atoms with Crippen molar-refractivity contribution in [1.82, 2.24) is 14.9 Å². The molecular weight excluding hydrogens is 474 g/mol. The largest absolute Gasteiger partial charge is 0.497 e. The number of unbranched alkanes of at least 4 members (excludes halogenated alkanes) is 1. The van der Waals surface area contributed by atoms with Crippen LogP contribution in [0.15, 0.2) is 66.7 Å². The molecule has 1 N–H and O–H groups in total. The fraction of sp³-hybridized carbons (Fsp3) is 0.310. The van der Waals surface area contributed by atoms with Gasteiger partial charge in [0.05, 0.1) is 31.2 Å². The van der Waals surface area contributed by atoms with Gasteiger partial charge in [0.1, 0.15) is 17.3 Å². The number of fused-ring (bicyclic) bond motifs is 1. The predicted octanol–water partition coefficient (Wildman–Crippen LogP) is 5.77. The van der Waals surface area contributed by atoms with E-state index in [0.29, 0.717) is 26.0 Å². The van der Waals surface area contributed by atoms with Crippen LogP contribution in [0.3, 0.4) is 0 Å². The zero-order chi connectivity index (χ0) is 25.3. The Morgan fingerprint density at radius 2 is 1.81 bits per heavy atom. The molecule has 3 aromatic carbocycles. The van der Waals surface area contributed by atoms with Crippen LogP contribution in [-0.2, 0) is 24.2 Å². The summed E-state index contributed by atoms with van der Waals surface area (Å²) in [5, 5.41) is 3.78. The summed E-state index contributed by atoms with van der Waals surface area (Å²) >= 11 is 6.09. The van der Waals surface area contributed by atoms with E-state index in [1.54, 1.807) is 7.11 Å². The first-order valence-electron chi connectivity index (χ1n) is 12.3. The first-order valence-corrected chi connectivity index (χ1v) is 12.6. The van der Waals surface area contributed by atoms with Crippen molar-refractivity contribution in [2.45, 2.75) is 39.2 Å². The number of halogens is 1. The predicted molar refractivity (Wildman–Crippen MR) is 144 cm³/mol.